The molecule has 1 N–H and O–H groups in total. The van der Waals surface area contributed by atoms with Crippen molar-refractivity contribution in [1.82, 2.24) is 5.32 Å². The Labute approximate surface area is 119 Å². The molecule has 2 aromatic carbocycles. The van der Waals surface area contributed by atoms with Gasteiger partial charge in [0.15, 0.2) is 18.2 Å². The van der Waals surface area contributed by atoms with Crippen LogP contribution in [-0.4, -0.2) is 12.5 Å². The second-order valence-corrected chi connectivity index (χ2v) is 4.23. The summed E-state index contributed by atoms with van der Waals surface area (Å²) < 4.78 is 44.3. The molecule has 6 heteroatoms. The molecule has 0 aliphatic heterocycles. The first kappa shape index (κ1) is 14.9. The second kappa shape index (κ2) is 6.78. The van der Waals surface area contributed by atoms with E-state index >= 15 is 0 Å². The maximum atomic E-state index is 13.3. The first-order chi connectivity index (χ1) is 10.1. The average Bonchev–Trinajstić information content (AvgIpc) is 2.45. The van der Waals surface area contributed by atoms with Crippen molar-refractivity contribution in [2.24, 2.45) is 0 Å². The lowest BCUT2D eigenvalue weighted by Gasteiger charge is -2.08. The zero-order valence-corrected chi connectivity index (χ0v) is 10.9. The third-order valence-corrected chi connectivity index (χ3v) is 2.69. The van der Waals surface area contributed by atoms with Crippen molar-refractivity contribution in [3.8, 4) is 5.75 Å². The Bertz CT molecular complexity index is 647. The van der Waals surface area contributed by atoms with Gasteiger partial charge in [0.25, 0.3) is 5.91 Å². The maximum Gasteiger partial charge on any atom is 0.258 e. The third kappa shape index (κ3) is 4.24. The fourth-order valence-corrected chi connectivity index (χ4v) is 1.61. The summed E-state index contributed by atoms with van der Waals surface area (Å²) in [4.78, 5) is 11.5. The Kier molecular flexibility index (Phi) is 4.81. The average molecular weight is 295 g/mol. The summed E-state index contributed by atoms with van der Waals surface area (Å²) in [5.41, 5.74) is 0.149. The zero-order chi connectivity index (χ0) is 15.2. The molecule has 0 spiro atoms. The molecule has 2 rings (SSSR count). The van der Waals surface area contributed by atoms with Crippen molar-refractivity contribution in [2.75, 3.05) is 6.61 Å². The molecule has 0 heterocycles. The van der Waals surface area contributed by atoms with E-state index < -0.39 is 30.0 Å². The van der Waals surface area contributed by atoms with Gasteiger partial charge in [-0.25, -0.2) is 13.2 Å². The van der Waals surface area contributed by atoms with E-state index in [2.05, 4.69) is 5.32 Å². The summed E-state index contributed by atoms with van der Waals surface area (Å²) in [6.45, 7) is -0.505. The van der Waals surface area contributed by atoms with Crippen LogP contribution >= 0.6 is 0 Å². The largest absolute Gasteiger partial charge is 0.481 e. The van der Waals surface area contributed by atoms with Crippen LogP contribution in [0.15, 0.2) is 42.5 Å². The van der Waals surface area contributed by atoms with Crippen molar-refractivity contribution in [1.29, 1.82) is 0 Å². The number of nitrogens with one attached hydrogen (secondary N) is 1. The number of rotatable bonds is 5. The van der Waals surface area contributed by atoms with Gasteiger partial charge in [0.05, 0.1) is 0 Å². The number of hydrogen-bond acceptors (Lipinski definition) is 2. The van der Waals surface area contributed by atoms with Gasteiger partial charge in [-0.2, -0.15) is 0 Å². The summed E-state index contributed by atoms with van der Waals surface area (Å²) in [6.07, 6.45) is 0. The smallest absolute Gasteiger partial charge is 0.258 e. The van der Waals surface area contributed by atoms with Crippen molar-refractivity contribution in [2.45, 2.75) is 6.54 Å². The topological polar surface area (TPSA) is 38.3 Å². The van der Waals surface area contributed by atoms with E-state index in [1.807, 2.05) is 0 Å². The molecule has 0 fully saturated rings. The van der Waals surface area contributed by atoms with E-state index in [9.17, 15) is 18.0 Å². The lowest BCUT2D eigenvalue weighted by atomic mass is 10.2. The van der Waals surface area contributed by atoms with Crippen LogP contribution in [0.1, 0.15) is 5.56 Å². The second-order valence-electron chi connectivity index (χ2n) is 4.23. The minimum absolute atomic E-state index is 0.0411. The number of halogens is 3. The molecule has 0 bridgehead atoms. The molecule has 3 nitrogen and oxygen atoms in total. The summed E-state index contributed by atoms with van der Waals surface area (Å²) in [7, 11) is 0. The molecular weight excluding hydrogens is 283 g/mol. The van der Waals surface area contributed by atoms with Crippen molar-refractivity contribution in [3.63, 3.8) is 0 Å². The monoisotopic (exact) mass is 295 g/mol. The van der Waals surface area contributed by atoms with Crippen molar-refractivity contribution >= 4 is 5.91 Å². The lowest BCUT2D eigenvalue weighted by Crippen LogP contribution is -2.28. The van der Waals surface area contributed by atoms with Crippen molar-refractivity contribution in [3.05, 3.63) is 65.5 Å². The van der Waals surface area contributed by atoms with Gasteiger partial charge in [0.2, 0.25) is 0 Å². The van der Waals surface area contributed by atoms with E-state index in [4.69, 9.17) is 4.74 Å². The minimum atomic E-state index is -0.745. The fourth-order valence-electron chi connectivity index (χ4n) is 1.61. The molecule has 21 heavy (non-hydrogen) atoms. The Morgan fingerprint density at radius 1 is 1.05 bits per heavy atom. The van der Waals surface area contributed by atoms with E-state index in [1.165, 1.54) is 24.3 Å². The molecule has 0 aliphatic rings. The predicted molar refractivity (Wildman–Crippen MR) is 70.1 cm³/mol. The molecule has 0 radical (unpaired) electrons. The van der Waals surface area contributed by atoms with Crippen LogP contribution in [0.4, 0.5) is 13.2 Å². The third-order valence-electron chi connectivity index (χ3n) is 2.69. The van der Waals surface area contributed by atoms with E-state index in [0.717, 1.165) is 12.1 Å². The van der Waals surface area contributed by atoms with Gasteiger partial charge < -0.3 is 10.1 Å². The Morgan fingerprint density at radius 2 is 1.81 bits per heavy atom. The summed E-state index contributed by atoms with van der Waals surface area (Å²) >= 11 is 0. The van der Waals surface area contributed by atoms with Crippen LogP contribution in [0.3, 0.4) is 0 Å². The Balaban J connectivity index is 1.84. The lowest BCUT2D eigenvalue weighted by molar-refractivity contribution is -0.123. The van der Waals surface area contributed by atoms with Crippen molar-refractivity contribution < 1.29 is 22.7 Å². The summed E-state index contributed by atoms with van der Waals surface area (Å²) in [5.74, 6) is -2.59. The summed E-state index contributed by atoms with van der Waals surface area (Å²) in [6, 6.07) is 8.74. The van der Waals surface area contributed by atoms with Gasteiger partial charge in [0.1, 0.15) is 11.6 Å². The number of amides is 1. The maximum absolute atomic E-state index is 13.3. The Morgan fingerprint density at radius 3 is 2.52 bits per heavy atom. The highest BCUT2D eigenvalue weighted by Crippen LogP contribution is 2.15. The number of ether oxygens (including phenoxy) is 1. The molecule has 0 saturated heterocycles. The molecule has 0 unspecified atom stereocenters. The molecule has 0 saturated carbocycles. The van der Waals surface area contributed by atoms with Crippen LogP contribution in [0.25, 0.3) is 0 Å². The van der Waals surface area contributed by atoms with Gasteiger partial charge in [-0.1, -0.05) is 18.2 Å². The molecule has 0 atom stereocenters. The highest BCUT2D eigenvalue weighted by Gasteiger charge is 2.08. The SMILES string of the molecule is O=C(COc1ccccc1F)NCc1ccc(F)cc1F. The molecule has 110 valence electrons. The van der Waals surface area contributed by atoms with Gasteiger partial charge in [-0.3, -0.25) is 4.79 Å². The zero-order valence-electron chi connectivity index (χ0n) is 10.9. The van der Waals surface area contributed by atoms with Crippen LogP contribution in [0, 0.1) is 17.5 Å². The Hall–Kier alpha value is -2.50. The first-order valence-corrected chi connectivity index (χ1v) is 6.14. The number of carbonyl (C=O) groups excluding carboxylic acids is 1. The predicted octanol–water partition coefficient (Wildman–Crippen LogP) is 2.80. The van der Waals surface area contributed by atoms with Crippen LogP contribution in [0.2, 0.25) is 0 Å². The highest BCUT2D eigenvalue weighted by molar-refractivity contribution is 5.77. The van der Waals surface area contributed by atoms with Gasteiger partial charge in [-0.05, 0) is 18.2 Å². The normalized spacial score (nSPS) is 10.2. The fraction of sp³-hybridized carbons (Fsp3) is 0.133. The van der Waals surface area contributed by atoms with Crippen LogP contribution < -0.4 is 10.1 Å². The van der Waals surface area contributed by atoms with Gasteiger partial charge in [0, 0.05) is 18.2 Å². The van der Waals surface area contributed by atoms with Crippen LogP contribution in [-0.2, 0) is 11.3 Å². The van der Waals surface area contributed by atoms with E-state index in [0.29, 0.717) is 0 Å². The first-order valence-electron chi connectivity index (χ1n) is 6.14. The van der Waals surface area contributed by atoms with Gasteiger partial charge in [-0.15, -0.1) is 0 Å². The molecule has 0 aromatic heterocycles. The summed E-state index contributed by atoms with van der Waals surface area (Å²) in [5, 5.41) is 2.40. The van der Waals surface area contributed by atoms with E-state index in [-0.39, 0.29) is 17.9 Å². The number of benzene rings is 2. The molecule has 0 aliphatic carbocycles. The standard InChI is InChI=1S/C15H12F3NO2/c16-11-6-5-10(13(18)7-11)8-19-15(20)9-21-14-4-2-1-3-12(14)17/h1-7H,8-9H2,(H,19,20). The van der Waals surface area contributed by atoms with E-state index in [1.54, 1.807) is 6.07 Å². The molecule has 2 aromatic rings. The number of para-hydroxylation sites is 1. The molecular formula is C15H12F3NO2. The highest BCUT2D eigenvalue weighted by atomic mass is 19.1. The van der Waals surface area contributed by atoms with Crippen LogP contribution in [0.5, 0.6) is 5.75 Å². The molecule has 1 amide bonds. The number of carbonyl (C=O) groups is 1. The number of hydrogen-bond donors (Lipinski definition) is 1. The van der Waals surface area contributed by atoms with Gasteiger partial charge >= 0.3 is 0 Å². The quantitative estimate of drug-likeness (QED) is 0.921. The minimum Gasteiger partial charge on any atom is -0.481 e.